The summed E-state index contributed by atoms with van der Waals surface area (Å²) >= 11 is 5.96. The molecule has 11 heteroatoms. The molecule has 1 amide bonds. The molecule has 4 aromatic rings. The number of para-hydroxylation sites is 2. The highest BCUT2D eigenvalue weighted by Gasteiger charge is 2.41. The lowest BCUT2D eigenvalue weighted by molar-refractivity contribution is -0.142. The Labute approximate surface area is 214 Å². The second kappa shape index (κ2) is 11.3. The third-order valence-electron chi connectivity index (χ3n) is 5.33. The molecular formula is C26H20ClF3N4O3. The van der Waals surface area contributed by atoms with Crippen molar-refractivity contribution in [3.05, 3.63) is 100 Å². The van der Waals surface area contributed by atoms with Crippen molar-refractivity contribution < 1.29 is 27.5 Å². The van der Waals surface area contributed by atoms with Gasteiger partial charge in [0.15, 0.2) is 5.69 Å². The number of benzene rings is 3. The van der Waals surface area contributed by atoms with Gasteiger partial charge in [0.25, 0.3) is 0 Å². The molecule has 1 heterocycles. The number of fused-ring (bicyclic) bond motifs is 1. The minimum Gasteiger partial charge on any atom is -0.497 e. The lowest BCUT2D eigenvalue weighted by atomic mass is 9.92. The zero-order valence-corrected chi connectivity index (χ0v) is 20.1. The minimum absolute atomic E-state index is 0.0577. The number of alkyl halides is 3. The van der Waals surface area contributed by atoms with Crippen molar-refractivity contribution in [3.63, 3.8) is 0 Å². The van der Waals surface area contributed by atoms with Gasteiger partial charge in [-0.05, 0) is 47.5 Å². The molecule has 0 aliphatic carbocycles. The van der Waals surface area contributed by atoms with E-state index in [1.165, 1.54) is 36.4 Å². The molecule has 0 aliphatic heterocycles. The zero-order chi connectivity index (χ0) is 26.4. The number of methoxy groups -OCH3 is 1. The van der Waals surface area contributed by atoms with Crippen molar-refractivity contribution in [1.82, 2.24) is 15.3 Å². The van der Waals surface area contributed by atoms with Crippen molar-refractivity contribution in [2.24, 2.45) is 5.16 Å². The molecule has 0 fully saturated rings. The van der Waals surface area contributed by atoms with E-state index in [4.69, 9.17) is 21.2 Å². The number of nitrogens with zero attached hydrogens (tertiary/aromatic N) is 3. The zero-order valence-electron chi connectivity index (χ0n) is 19.4. The number of carbonyl (C=O) groups is 1. The Balaban J connectivity index is 1.61. The third-order valence-corrected chi connectivity index (χ3v) is 5.58. The summed E-state index contributed by atoms with van der Waals surface area (Å²) in [5.74, 6) is -1.59. The summed E-state index contributed by atoms with van der Waals surface area (Å²) < 4.78 is 47.2. The fourth-order valence-corrected chi connectivity index (χ4v) is 3.68. The monoisotopic (exact) mass is 528 g/mol. The molecule has 0 unspecified atom stereocenters. The highest BCUT2D eigenvalue weighted by Crippen LogP contribution is 2.37. The van der Waals surface area contributed by atoms with E-state index >= 15 is 0 Å². The summed E-state index contributed by atoms with van der Waals surface area (Å²) in [6.45, 7) is 0.103. The summed E-state index contributed by atoms with van der Waals surface area (Å²) in [6.07, 6.45) is -3.89. The van der Waals surface area contributed by atoms with Crippen LogP contribution in [-0.4, -0.2) is 29.3 Å². The predicted molar refractivity (Wildman–Crippen MR) is 132 cm³/mol. The Hall–Kier alpha value is -4.18. The van der Waals surface area contributed by atoms with Crippen molar-refractivity contribution in [3.8, 4) is 5.75 Å². The second-order valence-corrected chi connectivity index (χ2v) is 8.23. The molecule has 1 N–H and O–H groups in total. The highest BCUT2D eigenvalue weighted by atomic mass is 35.5. The van der Waals surface area contributed by atoms with Gasteiger partial charge in [-0.2, -0.15) is 13.2 Å². The molecule has 0 saturated heterocycles. The molecule has 3 aromatic carbocycles. The molecule has 0 bridgehead atoms. The first-order valence-electron chi connectivity index (χ1n) is 10.9. The largest absolute Gasteiger partial charge is 0.497 e. The van der Waals surface area contributed by atoms with Crippen LogP contribution in [0.15, 0.2) is 78.0 Å². The summed E-state index contributed by atoms with van der Waals surface area (Å²) in [4.78, 5) is 26.4. The molecule has 0 spiro atoms. The average Bonchev–Trinajstić information content (AvgIpc) is 2.89. The molecule has 0 aliphatic rings. The number of rotatable bonds is 8. The summed E-state index contributed by atoms with van der Waals surface area (Å²) in [5, 5.41) is 6.43. The van der Waals surface area contributed by atoms with Crippen LogP contribution in [0.3, 0.4) is 0 Å². The predicted octanol–water partition coefficient (Wildman–Crippen LogP) is 5.72. The van der Waals surface area contributed by atoms with Crippen LogP contribution in [0.5, 0.6) is 5.75 Å². The summed E-state index contributed by atoms with van der Waals surface area (Å²) in [7, 11) is 1.55. The molecular weight excluding hydrogens is 509 g/mol. The maximum absolute atomic E-state index is 14.0. The number of hydrogen-bond donors (Lipinski definition) is 1. The van der Waals surface area contributed by atoms with Gasteiger partial charge in [0.2, 0.25) is 5.91 Å². The van der Waals surface area contributed by atoms with Crippen LogP contribution in [-0.2, 0) is 22.4 Å². The van der Waals surface area contributed by atoms with Gasteiger partial charge in [0.1, 0.15) is 24.6 Å². The van der Waals surface area contributed by atoms with E-state index in [1.807, 2.05) is 0 Å². The number of oxime groups is 1. The fraction of sp³-hybridized carbons (Fsp3) is 0.154. The molecule has 1 aromatic heterocycles. The molecule has 37 heavy (non-hydrogen) atoms. The number of carbonyl (C=O) groups excluding carboxylic acids is 1. The van der Waals surface area contributed by atoms with Gasteiger partial charge in [-0.1, -0.05) is 53.2 Å². The standard InChI is InChI=1S/C26H20ClF3N4O3/c1-36-19-12-6-16(7-13-19)14-37-32-15-31-25(35)22(17-8-10-18(27)11-9-17)23-24(26(28,29)30)34-21-5-3-2-4-20(21)33-23/h2-13,15,22H,14H2,1H3,(H,31,32,35)/t22-/m1/s1. The van der Waals surface area contributed by atoms with Gasteiger partial charge in [0.05, 0.1) is 23.8 Å². The first-order chi connectivity index (χ1) is 17.8. The van der Waals surface area contributed by atoms with Gasteiger partial charge < -0.3 is 14.9 Å². The molecule has 190 valence electrons. The van der Waals surface area contributed by atoms with E-state index in [9.17, 15) is 18.0 Å². The molecule has 7 nitrogen and oxygen atoms in total. The van der Waals surface area contributed by atoms with Crippen LogP contribution in [0.25, 0.3) is 11.0 Å². The Morgan fingerprint density at radius 1 is 1.03 bits per heavy atom. The van der Waals surface area contributed by atoms with E-state index in [-0.39, 0.29) is 23.2 Å². The summed E-state index contributed by atoms with van der Waals surface area (Å²) in [5.41, 5.74) is -0.488. The van der Waals surface area contributed by atoms with Crippen LogP contribution < -0.4 is 10.1 Å². The number of hydrogen-bond acceptors (Lipinski definition) is 6. The Bertz CT molecular complexity index is 1410. The van der Waals surface area contributed by atoms with Crippen LogP contribution in [0.2, 0.25) is 5.02 Å². The van der Waals surface area contributed by atoms with Crippen molar-refractivity contribution in [1.29, 1.82) is 0 Å². The van der Waals surface area contributed by atoms with Gasteiger partial charge in [-0.25, -0.2) is 9.97 Å². The number of aromatic nitrogens is 2. The quantitative estimate of drug-likeness (QED) is 0.180. The Morgan fingerprint density at radius 2 is 1.68 bits per heavy atom. The lowest BCUT2D eigenvalue weighted by Gasteiger charge is -2.20. The van der Waals surface area contributed by atoms with E-state index in [2.05, 4.69) is 20.4 Å². The van der Waals surface area contributed by atoms with Crippen LogP contribution >= 0.6 is 11.6 Å². The molecule has 4 rings (SSSR count). The normalized spacial score (nSPS) is 12.5. The Morgan fingerprint density at radius 3 is 2.30 bits per heavy atom. The highest BCUT2D eigenvalue weighted by molar-refractivity contribution is 6.30. The maximum Gasteiger partial charge on any atom is 0.435 e. The van der Waals surface area contributed by atoms with Gasteiger partial charge in [-0.3, -0.25) is 4.79 Å². The van der Waals surface area contributed by atoms with Gasteiger partial charge in [-0.15, -0.1) is 0 Å². The maximum atomic E-state index is 14.0. The fourth-order valence-electron chi connectivity index (χ4n) is 3.56. The SMILES string of the molecule is COc1ccc(CON=CNC(=O)[C@H](c2ccc(Cl)cc2)c2nc3ccccc3nc2C(F)(F)F)cc1. The summed E-state index contributed by atoms with van der Waals surface area (Å²) in [6, 6.07) is 19.1. The van der Waals surface area contributed by atoms with Crippen LogP contribution in [0, 0.1) is 0 Å². The van der Waals surface area contributed by atoms with Crippen LogP contribution in [0.1, 0.15) is 28.4 Å². The first kappa shape index (κ1) is 25.9. The number of halogens is 4. The third kappa shape index (κ3) is 6.34. The van der Waals surface area contributed by atoms with E-state index in [0.29, 0.717) is 10.8 Å². The lowest BCUT2D eigenvalue weighted by Crippen LogP contribution is -2.31. The second-order valence-electron chi connectivity index (χ2n) is 7.79. The van der Waals surface area contributed by atoms with E-state index in [1.54, 1.807) is 43.5 Å². The topological polar surface area (TPSA) is 85.7 Å². The molecule has 0 radical (unpaired) electrons. The minimum atomic E-state index is -4.85. The first-order valence-corrected chi connectivity index (χ1v) is 11.3. The van der Waals surface area contributed by atoms with E-state index in [0.717, 1.165) is 11.9 Å². The smallest absolute Gasteiger partial charge is 0.435 e. The molecule has 1 atom stereocenters. The van der Waals surface area contributed by atoms with E-state index < -0.39 is 29.4 Å². The average molecular weight is 529 g/mol. The number of nitrogens with one attached hydrogen (secondary N) is 1. The van der Waals surface area contributed by atoms with Gasteiger partial charge in [0, 0.05) is 5.02 Å². The van der Waals surface area contributed by atoms with Crippen molar-refractivity contribution >= 4 is 34.9 Å². The number of ether oxygens (including phenoxy) is 1. The number of amides is 1. The van der Waals surface area contributed by atoms with Crippen LogP contribution in [0.4, 0.5) is 13.2 Å². The molecule has 0 saturated carbocycles. The van der Waals surface area contributed by atoms with Crippen molar-refractivity contribution in [2.45, 2.75) is 18.7 Å². The van der Waals surface area contributed by atoms with Gasteiger partial charge >= 0.3 is 6.18 Å². The van der Waals surface area contributed by atoms with Crippen molar-refractivity contribution in [2.75, 3.05) is 7.11 Å². The Kier molecular flexibility index (Phi) is 7.88.